The molecule has 0 aromatic heterocycles. The third-order valence-electron chi connectivity index (χ3n) is 2.31. The Bertz CT molecular complexity index is 149. The molecule has 3 nitrogen and oxygen atoms in total. The first-order valence-corrected chi connectivity index (χ1v) is 3.40. The molecule has 0 heterocycles. The van der Waals surface area contributed by atoms with Crippen molar-refractivity contribution in [1.82, 2.24) is 0 Å². The third kappa shape index (κ3) is 1.01. The fraction of sp³-hybridized carbons (Fsp3) is 0.857. The van der Waals surface area contributed by atoms with Crippen LogP contribution in [-0.2, 0) is 9.53 Å². The van der Waals surface area contributed by atoms with Crippen LogP contribution in [0.1, 0.15) is 19.8 Å². The van der Waals surface area contributed by atoms with Crippen molar-refractivity contribution in [2.75, 3.05) is 7.11 Å². The van der Waals surface area contributed by atoms with Crippen molar-refractivity contribution in [1.29, 1.82) is 0 Å². The molecule has 0 radical (unpaired) electrons. The van der Waals surface area contributed by atoms with E-state index < -0.39 is 5.97 Å². The number of carbonyl (C=O) groups is 1. The average Bonchev–Trinajstić information content (AvgIpc) is 2.66. The molecule has 0 bridgehead atoms. The normalized spacial score (nSPS) is 23.8. The van der Waals surface area contributed by atoms with Crippen molar-refractivity contribution < 1.29 is 14.6 Å². The van der Waals surface area contributed by atoms with Gasteiger partial charge >= 0.3 is 5.97 Å². The predicted molar refractivity (Wildman–Crippen MR) is 35.8 cm³/mol. The molecule has 1 N–H and O–H groups in total. The Kier molecular flexibility index (Phi) is 1.68. The molecule has 0 saturated heterocycles. The van der Waals surface area contributed by atoms with E-state index in [1.165, 1.54) is 0 Å². The Morgan fingerprint density at radius 3 is 2.30 bits per heavy atom. The molecule has 1 fully saturated rings. The number of ether oxygens (including phenoxy) is 1. The summed E-state index contributed by atoms with van der Waals surface area (Å²) in [4.78, 5) is 10.5. The zero-order valence-electron chi connectivity index (χ0n) is 6.26. The zero-order chi connectivity index (χ0) is 7.78. The summed E-state index contributed by atoms with van der Waals surface area (Å²) >= 11 is 0. The fourth-order valence-corrected chi connectivity index (χ4v) is 1.16. The molecule has 1 unspecified atom stereocenters. The van der Waals surface area contributed by atoms with E-state index in [9.17, 15) is 4.79 Å². The van der Waals surface area contributed by atoms with Gasteiger partial charge in [0.1, 0.15) is 0 Å². The second kappa shape index (κ2) is 2.23. The van der Waals surface area contributed by atoms with Gasteiger partial charge in [-0.3, -0.25) is 4.79 Å². The lowest BCUT2D eigenvalue weighted by Crippen LogP contribution is -2.28. The van der Waals surface area contributed by atoms with Crippen molar-refractivity contribution in [3.8, 4) is 0 Å². The molecular weight excluding hydrogens is 132 g/mol. The van der Waals surface area contributed by atoms with Gasteiger partial charge in [0, 0.05) is 7.11 Å². The molecule has 10 heavy (non-hydrogen) atoms. The van der Waals surface area contributed by atoms with Gasteiger partial charge in [-0.05, 0) is 19.8 Å². The van der Waals surface area contributed by atoms with E-state index in [1.54, 1.807) is 14.0 Å². The van der Waals surface area contributed by atoms with E-state index in [0.717, 1.165) is 12.8 Å². The highest BCUT2D eigenvalue weighted by Gasteiger charge is 2.50. The van der Waals surface area contributed by atoms with Gasteiger partial charge in [0.15, 0.2) is 0 Å². The lowest BCUT2D eigenvalue weighted by atomic mass is 10.0. The number of methoxy groups -OCH3 is 1. The van der Waals surface area contributed by atoms with Crippen LogP contribution in [0.2, 0.25) is 0 Å². The average molecular weight is 144 g/mol. The van der Waals surface area contributed by atoms with E-state index in [1.807, 2.05) is 0 Å². The fourth-order valence-electron chi connectivity index (χ4n) is 1.16. The van der Waals surface area contributed by atoms with Crippen LogP contribution in [0.4, 0.5) is 0 Å². The summed E-state index contributed by atoms with van der Waals surface area (Å²) in [6.07, 6.45) is 1.77. The molecule has 0 aromatic carbocycles. The first-order chi connectivity index (χ1) is 4.62. The van der Waals surface area contributed by atoms with Gasteiger partial charge in [0.2, 0.25) is 0 Å². The molecule has 1 rings (SSSR count). The van der Waals surface area contributed by atoms with Gasteiger partial charge in [0.05, 0.1) is 11.5 Å². The molecule has 0 amide bonds. The zero-order valence-corrected chi connectivity index (χ0v) is 6.26. The summed E-state index contributed by atoms with van der Waals surface area (Å²) in [5.74, 6) is -1.13. The monoisotopic (exact) mass is 144 g/mol. The summed E-state index contributed by atoms with van der Waals surface area (Å²) in [5, 5.41) is 8.61. The van der Waals surface area contributed by atoms with E-state index in [-0.39, 0.29) is 11.5 Å². The highest BCUT2D eigenvalue weighted by atomic mass is 16.5. The Morgan fingerprint density at radius 1 is 1.70 bits per heavy atom. The molecule has 1 aliphatic carbocycles. The maximum Gasteiger partial charge on any atom is 0.309 e. The van der Waals surface area contributed by atoms with Gasteiger partial charge in [-0.2, -0.15) is 0 Å². The second-order valence-electron chi connectivity index (χ2n) is 2.83. The van der Waals surface area contributed by atoms with Crippen molar-refractivity contribution >= 4 is 5.97 Å². The van der Waals surface area contributed by atoms with Crippen LogP contribution in [0.25, 0.3) is 0 Å². The Morgan fingerprint density at radius 2 is 2.20 bits per heavy atom. The van der Waals surface area contributed by atoms with Crippen LogP contribution < -0.4 is 0 Å². The summed E-state index contributed by atoms with van der Waals surface area (Å²) in [6.45, 7) is 1.69. The molecular formula is C7H12O3. The van der Waals surface area contributed by atoms with Gasteiger partial charge in [-0.15, -0.1) is 0 Å². The van der Waals surface area contributed by atoms with Gasteiger partial charge in [-0.1, -0.05) is 0 Å². The van der Waals surface area contributed by atoms with Crippen LogP contribution in [0.15, 0.2) is 0 Å². The molecule has 58 valence electrons. The number of carboxylic acid groups (broad SMARTS) is 1. The summed E-state index contributed by atoms with van der Waals surface area (Å²) in [7, 11) is 1.58. The minimum atomic E-state index is -0.764. The van der Waals surface area contributed by atoms with Gasteiger partial charge < -0.3 is 9.84 Å². The quantitative estimate of drug-likeness (QED) is 0.639. The van der Waals surface area contributed by atoms with E-state index >= 15 is 0 Å². The third-order valence-corrected chi connectivity index (χ3v) is 2.31. The maximum absolute atomic E-state index is 10.5. The minimum absolute atomic E-state index is 0.328. The van der Waals surface area contributed by atoms with Crippen LogP contribution in [-0.4, -0.2) is 23.8 Å². The summed E-state index contributed by atoms with van der Waals surface area (Å²) < 4.78 is 5.09. The Labute approximate surface area is 60.0 Å². The van der Waals surface area contributed by atoms with E-state index in [0.29, 0.717) is 0 Å². The standard InChI is InChI=1S/C7H12O3/c1-5(6(8)9)7(10-2)3-4-7/h5H,3-4H2,1-2H3,(H,8,9). The summed E-state index contributed by atoms with van der Waals surface area (Å²) in [6, 6.07) is 0. The smallest absolute Gasteiger partial charge is 0.309 e. The largest absolute Gasteiger partial charge is 0.481 e. The van der Waals surface area contributed by atoms with Crippen LogP contribution >= 0.6 is 0 Å². The highest BCUT2D eigenvalue weighted by Crippen LogP contribution is 2.45. The second-order valence-corrected chi connectivity index (χ2v) is 2.83. The van der Waals surface area contributed by atoms with Crippen molar-refractivity contribution in [2.24, 2.45) is 5.92 Å². The number of hydrogen-bond acceptors (Lipinski definition) is 2. The van der Waals surface area contributed by atoms with E-state index in [2.05, 4.69) is 0 Å². The highest BCUT2D eigenvalue weighted by molar-refractivity contribution is 5.71. The van der Waals surface area contributed by atoms with Crippen LogP contribution in [0.5, 0.6) is 0 Å². The Balaban J connectivity index is 2.55. The first kappa shape index (κ1) is 7.54. The van der Waals surface area contributed by atoms with Gasteiger partial charge in [0.25, 0.3) is 0 Å². The van der Waals surface area contributed by atoms with Crippen molar-refractivity contribution in [3.63, 3.8) is 0 Å². The van der Waals surface area contributed by atoms with Crippen molar-refractivity contribution in [3.05, 3.63) is 0 Å². The minimum Gasteiger partial charge on any atom is -0.481 e. The summed E-state index contributed by atoms with van der Waals surface area (Å²) in [5.41, 5.74) is -0.328. The predicted octanol–water partition coefficient (Wildman–Crippen LogP) is 0.886. The van der Waals surface area contributed by atoms with Gasteiger partial charge in [-0.25, -0.2) is 0 Å². The van der Waals surface area contributed by atoms with Crippen LogP contribution in [0.3, 0.4) is 0 Å². The first-order valence-electron chi connectivity index (χ1n) is 3.40. The molecule has 0 spiro atoms. The molecule has 1 atom stereocenters. The maximum atomic E-state index is 10.5. The molecule has 3 heteroatoms. The molecule has 0 aromatic rings. The number of rotatable bonds is 3. The molecule has 1 saturated carbocycles. The van der Waals surface area contributed by atoms with Crippen LogP contribution in [0, 0.1) is 5.92 Å². The lowest BCUT2D eigenvalue weighted by Gasteiger charge is -2.16. The Hall–Kier alpha value is -0.570. The molecule has 0 aliphatic heterocycles. The topological polar surface area (TPSA) is 46.5 Å². The number of carboxylic acids is 1. The molecule has 1 aliphatic rings. The number of aliphatic carboxylic acids is 1. The SMILES string of the molecule is COC1(C(C)C(=O)O)CC1. The number of hydrogen-bond donors (Lipinski definition) is 1. The van der Waals surface area contributed by atoms with Crippen molar-refractivity contribution in [2.45, 2.75) is 25.4 Å². The van der Waals surface area contributed by atoms with E-state index in [4.69, 9.17) is 9.84 Å². The lowest BCUT2D eigenvalue weighted by molar-refractivity contribution is -0.147.